The van der Waals surface area contributed by atoms with Gasteiger partial charge >= 0.3 is 5.92 Å². The molecule has 0 radical (unpaired) electrons. The van der Waals surface area contributed by atoms with Crippen molar-refractivity contribution in [3.05, 3.63) is 45.6 Å². The van der Waals surface area contributed by atoms with Crippen molar-refractivity contribution in [2.75, 3.05) is 6.61 Å². The number of alkyl halides is 2. The van der Waals surface area contributed by atoms with Gasteiger partial charge in [-0.3, -0.25) is 4.79 Å². The van der Waals surface area contributed by atoms with Crippen LogP contribution in [0.25, 0.3) is 0 Å². The van der Waals surface area contributed by atoms with E-state index < -0.39 is 32.8 Å². The van der Waals surface area contributed by atoms with Gasteiger partial charge in [-0.2, -0.15) is 13.5 Å². The molecule has 1 aromatic carbocycles. The molecule has 1 aliphatic carbocycles. The maximum absolute atomic E-state index is 15.9. The number of carbonyl (C=O) groups excluding carboxylic acids is 1. The van der Waals surface area contributed by atoms with Crippen LogP contribution in [0.3, 0.4) is 0 Å². The number of thiophene rings is 1. The Balaban J connectivity index is 1.37. The maximum atomic E-state index is 15.9. The molecule has 5 rings (SSSR count). The molecule has 2 aliphatic heterocycles. The Hall–Kier alpha value is -1.75. The number of amides is 1. The van der Waals surface area contributed by atoms with Gasteiger partial charge in [-0.05, 0) is 86.8 Å². The normalized spacial score (nSPS) is 25.0. The maximum Gasteiger partial charge on any atom is 0.307 e. The largest absolute Gasteiger partial charge is 0.493 e. The molecule has 3 unspecified atom stereocenters. The van der Waals surface area contributed by atoms with Gasteiger partial charge in [-0.15, -0.1) is 11.3 Å². The summed E-state index contributed by atoms with van der Waals surface area (Å²) in [5, 5.41) is 0. The zero-order chi connectivity index (χ0) is 27.8. The molecule has 3 atom stereocenters. The van der Waals surface area contributed by atoms with Crippen LogP contribution in [0.15, 0.2) is 41.3 Å². The average Bonchev–Trinajstić information content (AvgIpc) is 3.47. The first kappa shape index (κ1) is 28.8. The first-order valence-electron chi connectivity index (χ1n) is 13.8. The number of nitrogens with one attached hydrogen (secondary N) is 1. The molecule has 39 heavy (non-hydrogen) atoms. The van der Waals surface area contributed by atoms with Crippen LogP contribution < -0.4 is 9.46 Å². The third kappa shape index (κ3) is 6.29. The average molecular weight is 601 g/mol. The number of rotatable bonds is 9. The predicted octanol–water partition coefficient (Wildman–Crippen LogP) is 6.59. The minimum atomic E-state index is -4.47. The summed E-state index contributed by atoms with van der Waals surface area (Å²) in [5.41, 5.74) is 0. The van der Waals surface area contributed by atoms with E-state index in [0.29, 0.717) is 35.5 Å². The van der Waals surface area contributed by atoms with Crippen LogP contribution in [0.1, 0.15) is 69.6 Å². The Bertz CT molecular complexity index is 1250. The van der Waals surface area contributed by atoms with Crippen molar-refractivity contribution in [1.29, 1.82) is 0 Å². The van der Waals surface area contributed by atoms with Crippen molar-refractivity contribution in [3.8, 4) is 5.75 Å². The second-order valence-corrected chi connectivity index (χ2v) is 14.7. The summed E-state index contributed by atoms with van der Waals surface area (Å²) in [4.78, 5) is 14.6. The molecule has 1 saturated carbocycles. The van der Waals surface area contributed by atoms with Crippen LogP contribution in [0, 0.1) is 11.8 Å². The fraction of sp³-hybridized carbons (Fsp3) is 0.607. The number of fused-ring (bicyclic) bond motifs is 2. The Morgan fingerprint density at radius 3 is 2.31 bits per heavy atom. The molecular formula is C28H35ClF2N2O4S2. The topological polar surface area (TPSA) is 75.7 Å². The van der Waals surface area contributed by atoms with E-state index in [1.165, 1.54) is 54.5 Å². The lowest BCUT2D eigenvalue weighted by atomic mass is 9.90. The van der Waals surface area contributed by atoms with Crippen LogP contribution in [0.5, 0.6) is 5.75 Å². The number of sulfonamides is 1. The highest BCUT2D eigenvalue weighted by atomic mass is 35.5. The van der Waals surface area contributed by atoms with Gasteiger partial charge in [0, 0.05) is 12.1 Å². The third-order valence-corrected chi connectivity index (χ3v) is 11.1. The van der Waals surface area contributed by atoms with E-state index in [1.54, 1.807) is 0 Å². The molecule has 2 saturated heterocycles. The van der Waals surface area contributed by atoms with Crippen molar-refractivity contribution in [2.45, 2.75) is 93.7 Å². The molecular weight excluding hydrogens is 566 g/mol. The monoisotopic (exact) mass is 600 g/mol. The van der Waals surface area contributed by atoms with E-state index in [2.05, 4.69) is 11.6 Å². The Labute approximate surface area is 238 Å². The second kappa shape index (κ2) is 11.6. The van der Waals surface area contributed by atoms with Crippen molar-refractivity contribution >= 4 is 38.9 Å². The Morgan fingerprint density at radius 2 is 1.72 bits per heavy atom. The van der Waals surface area contributed by atoms with Gasteiger partial charge < -0.3 is 9.64 Å². The summed E-state index contributed by atoms with van der Waals surface area (Å²) >= 11 is 6.57. The molecule has 2 aromatic rings. The van der Waals surface area contributed by atoms with Crippen molar-refractivity contribution in [2.24, 2.45) is 11.8 Å². The quantitative estimate of drug-likeness (QED) is 0.352. The first-order valence-corrected chi connectivity index (χ1v) is 16.4. The van der Waals surface area contributed by atoms with Gasteiger partial charge in [0.25, 0.3) is 0 Å². The molecule has 1 N–H and O–H groups in total. The number of nitrogens with zero attached hydrogens (tertiary/aromatic N) is 1. The fourth-order valence-electron chi connectivity index (χ4n) is 6.38. The highest BCUT2D eigenvalue weighted by molar-refractivity contribution is 7.89. The molecule has 11 heteroatoms. The number of hydrogen-bond acceptors (Lipinski definition) is 5. The van der Waals surface area contributed by atoms with E-state index >= 15 is 8.78 Å². The summed E-state index contributed by atoms with van der Waals surface area (Å²) in [5.74, 6) is -3.30. The molecule has 3 heterocycles. The lowest BCUT2D eigenvalue weighted by molar-refractivity contribution is -0.149. The van der Waals surface area contributed by atoms with E-state index in [0.717, 1.165) is 44.6 Å². The van der Waals surface area contributed by atoms with E-state index in [9.17, 15) is 13.2 Å². The van der Waals surface area contributed by atoms with Crippen LogP contribution in [0.2, 0.25) is 4.34 Å². The standard InChI is InChI=1S/C28H35ClF2N2O4S2/c1-18-15-20-7-8-21(16-18)33(20)27(34)26(28(30,31)24-13-14-25(29)38-24)32-39(35,36)23-11-9-22(10-12-23)37-17-19-5-3-2-4-6-19/h9-14,18-21,26,32H,2-8,15-17H2,1H3. The summed E-state index contributed by atoms with van der Waals surface area (Å²) in [6.07, 6.45) is 8.78. The van der Waals surface area contributed by atoms with Gasteiger partial charge in [0.2, 0.25) is 15.9 Å². The number of hydrogen-bond donors (Lipinski definition) is 1. The summed E-state index contributed by atoms with van der Waals surface area (Å²) in [7, 11) is -4.47. The molecule has 6 nitrogen and oxygen atoms in total. The minimum absolute atomic E-state index is 0.134. The number of benzene rings is 1. The lowest BCUT2D eigenvalue weighted by Gasteiger charge is -2.40. The van der Waals surface area contributed by atoms with Crippen molar-refractivity contribution in [3.63, 3.8) is 0 Å². The van der Waals surface area contributed by atoms with Crippen LogP contribution in [-0.2, 0) is 20.7 Å². The van der Waals surface area contributed by atoms with Gasteiger partial charge in [0.15, 0.2) is 6.04 Å². The molecule has 214 valence electrons. The zero-order valence-corrected chi connectivity index (χ0v) is 24.3. The number of ether oxygens (including phenoxy) is 1. The fourth-order valence-corrected chi connectivity index (χ4v) is 8.62. The van der Waals surface area contributed by atoms with E-state index in [4.69, 9.17) is 16.3 Å². The van der Waals surface area contributed by atoms with Gasteiger partial charge in [-0.1, -0.05) is 37.8 Å². The lowest BCUT2D eigenvalue weighted by Crippen LogP contribution is -2.59. The highest BCUT2D eigenvalue weighted by Crippen LogP contribution is 2.43. The number of carbonyl (C=O) groups is 1. The van der Waals surface area contributed by atoms with Crippen molar-refractivity contribution < 1.29 is 26.7 Å². The minimum Gasteiger partial charge on any atom is -0.493 e. The molecule has 1 amide bonds. The zero-order valence-electron chi connectivity index (χ0n) is 22.0. The van der Waals surface area contributed by atoms with Crippen LogP contribution in [-0.4, -0.2) is 44.0 Å². The first-order chi connectivity index (χ1) is 18.5. The van der Waals surface area contributed by atoms with Crippen LogP contribution >= 0.6 is 22.9 Å². The SMILES string of the molecule is CC1CC2CCC(C1)N2C(=O)C(NS(=O)(=O)c1ccc(OCC2CCCCC2)cc1)C(F)(F)c1ccc(Cl)s1. The summed E-state index contributed by atoms with van der Waals surface area (Å²) < 4.78 is 66.7. The second-order valence-electron chi connectivity index (χ2n) is 11.3. The Morgan fingerprint density at radius 1 is 1.08 bits per heavy atom. The third-order valence-electron chi connectivity index (χ3n) is 8.35. The van der Waals surface area contributed by atoms with Gasteiger partial charge in [-0.25, -0.2) is 8.42 Å². The van der Waals surface area contributed by atoms with E-state index in [1.807, 2.05) is 0 Å². The van der Waals surface area contributed by atoms with Gasteiger partial charge in [0.05, 0.1) is 20.7 Å². The smallest absolute Gasteiger partial charge is 0.307 e. The molecule has 0 spiro atoms. The summed E-state index contributed by atoms with van der Waals surface area (Å²) in [6, 6.07) is 5.55. The molecule has 1 aromatic heterocycles. The predicted molar refractivity (Wildman–Crippen MR) is 148 cm³/mol. The highest BCUT2D eigenvalue weighted by Gasteiger charge is 2.54. The van der Waals surface area contributed by atoms with Crippen LogP contribution in [0.4, 0.5) is 8.78 Å². The van der Waals surface area contributed by atoms with Crippen molar-refractivity contribution in [1.82, 2.24) is 9.62 Å². The molecule has 3 aliphatic rings. The molecule has 3 fully saturated rings. The number of halogens is 3. The van der Waals surface area contributed by atoms with E-state index in [-0.39, 0.29) is 21.3 Å². The number of piperidine rings is 1. The Kier molecular flexibility index (Phi) is 8.57. The summed E-state index contributed by atoms with van der Waals surface area (Å²) in [6.45, 7) is 2.66. The van der Waals surface area contributed by atoms with Gasteiger partial charge in [0.1, 0.15) is 5.75 Å². The molecule has 2 bridgehead atoms.